The number of hydrogen-bond acceptors (Lipinski definition) is 3. The molecule has 1 saturated carbocycles. The van der Waals surface area contributed by atoms with E-state index >= 15 is 0 Å². The van der Waals surface area contributed by atoms with Crippen LogP contribution >= 0.6 is 0 Å². The second-order valence-electron chi connectivity index (χ2n) is 7.23. The maximum atomic E-state index is 9.24. The first-order chi connectivity index (χ1) is 8.17. The van der Waals surface area contributed by atoms with Crippen molar-refractivity contribution in [3.05, 3.63) is 0 Å². The summed E-state index contributed by atoms with van der Waals surface area (Å²) >= 11 is 0. The van der Waals surface area contributed by atoms with Crippen molar-refractivity contribution in [1.29, 1.82) is 0 Å². The van der Waals surface area contributed by atoms with Crippen LogP contribution in [0.25, 0.3) is 0 Å². The van der Waals surface area contributed by atoms with Gasteiger partial charge in [0.25, 0.3) is 0 Å². The van der Waals surface area contributed by atoms with Crippen LogP contribution in [0.5, 0.6) is 0 Å². The Kier molecular flexibility index (Phi) is 3.74. The molecule has 1 heterocycles. The maximum Gasteiger partial charge on any atom is 0.192 e. The van der Waals surface area contributed by atoms with E-state index in [0.717, 1.165) is 6.42 Å². The van der Waals surface area contributed by atoms with Gasteiger partial charge in [-0.05, 0) is 36.4 Å². The van der Waals surface area contributed by atoms with Crippen LogP contribution in [-0.2, 0) is 9.16 Å². The molecule has 0 aromatic rings. The molecular weight excluding hydrogens is 243 g/mol. The van der Waals surface area contributed by atoms with Crippen molar-refractivity contribution in [2.75, 3.05) is 6.61 Å². The molecule has 2 rings (SSSR count). The molecule has 0 spiro atoms. The average Bonchev–Trinajstić information content (AvgIpc) is 3.00. The van der Waals surface area contributed by atoms with Crippen LogP contribution in [0, 0.1) is 11.8 Å². The number of fused-ring (bicyclic) bond motifs is 1. The van der Waals surface area contributed by atoms with Crippen LogP contribution in [0.15, 0.2) is 0 Å². The highest BCUT2D eigenvalue weighted by atomic mass is 28.4. The molecule has 1 aliphatic carbocycles. The largest absolute Gasteiger partial charge is 0.412 e. The summed E-state index contributed by atoms with van der Waals surface area (Å²) in [5, 5.41) is 9.43. The summed E-state index contributed by atoms with van der Waals surface area (Å²) in [5.74, 6) is 0.935. The monoisotopic (exact) mass is 268 g/mol. The van der Waals surface area contributed by atoms with Crippen LogP contribution in [0.2, 0.25) is 18.1 Å². The summed E-state index contributed by atoms with van der Waals surface area (Å²) in [6.07, 6.45) is 1.01. The van der Waals surface area contributed by atoms with E-state index in [4.69, 9.17) is 17.0 Å². The van der Waals surface area contributed by atoms with Gasteiger partial charge in [0.2, 0.25) is 0 Å². The number of ether oxygens (including phenoxy) is 1. The van der Waals surface area contributed by atoms with E-state index < -0.39 is 8.32 Å². The highest BCUT2D eigenvalue weighted by Gasteiger charge is 2.56. The van der Waals surface area contributed by atoms with Crippen LogP contribution in [0.4, 0.5) is 0 Å². The molecule has 0 aromatic heterocycles. The van der Waals surface area contributed by atoms with Crippen molar-refractivity contribution in [3.8, 4) is 0 Å². The molecule has 3 nitrogen and oxygen atoms in total. The minimum Gasteiger partial charge on any atom is -0.412 e. The van der Waals surface area contributed by atoms with E-state index in [2.05, 4.69) is 33.9 Å². The summed E-state index contributed by atoms with van der Waals surface area (Å²) < 4.78 is 12.1. The quantitative estimate of drug-likeness (QED) is 0.794. The lowest BCUT2D eigenvalue weighted by atomic mass is 9.88. The number of rotatable bonds is 3. The third kappa shape index (κ3) is 2.55. The summed E-state index contributed by atoms with van der Waals surface area (Å²) in [6.45, 7) is 11.3. The molecule has 1 aliphatic heterocycles. The second-order valence-corrected chi connectivity index (χ2v) is 12.0. The molecule has 102 valence electrons. The first kappa shape index (κ1) is 14.6. The molecule has 3 unspecified atom stereocenters. The molecule has 2 radical (unpaired) electrons. The molecule has 5 heteroatoms. The van der Waals surface area contributed by atoms with Crippen molar-refractivity contribution >= 4 is 16.2 Å². The Balaban J connectivity index is 2.03. The first-order valence-electron chi connectivity index (χ1n) is 6.87. The van der Waals surface area contributed by atoms with Crippen LogP contribution in [0.1, 0.15) is 27.2 Å². The number of aliphatic hydroxyl groups excluding tert-OH is 1. The zero-order chi connectivity index (χ0) is 13.7. The zero-order valence-corrected chi connectivity index (χ0v) is 13.1. The van der Waals surface area contributed by atoms with Crippen LogP contribution in [0.3, 0.4) is 0 Å². The fourth-order valence-corrected chi connectivity index (χ4v) is 3.86. The SMILES string of the molecule is [B][C@@H]1O[C@H](CO)C2CC2C1O[Si](C)(C)C(C)(C)C. The van der Waals surface area contributed by atoms with Gasteiger partial charge in [0, 0.05) is 6.00 Å². The van der Waals surface area contributed by atoms with E-state index in [1.165, 1.54) is 0 Å². The molecule has 0 aromatic carbocycles. The lowest BCUT2D eigenvalue weighted by molar-refractivity contribution is -0.0966. The van der Waals surface area contributed by atoms with Gasteiger partial charge in [-0.2, -0.15) is 0 Å². The lowest BCUT2D eigenvalue weighted by Crippen LogP contribution is -2.52. The first-order valence-corrected chi connectivity index (χ1v) is 9.78. The fourth-order valence-electron chi connectivity index (χ4n) is 2.51. The summed E-state index contributed by atoms with van der Waals surface area (Å²) in [6, 6.07) is -0.389. The Labute approximate surface area is 113 Å². The number of aliphatic hydroxyl groups is 1. The lowest BCUT2D eigenvalue weighted by Gasteiger charge is -2.43. The molecule has 18 heavy (non-hydrogen) atoms. The van der Waals surface area contributed by atoms with E-state index in [9.17, 15) is 5.11 Å². The van der Waals surface area contributed by atoms with Crippen molar-refractivity contribution in [1.82, 2.24) is 0 Å². The second kappa shape index (κ2) is 4.62. The van der Waals surface area contributed by atoms with Crippen molar-refractivity contribution in [3.63, 3.8) is 0 Å². The molecule has 0 bridgehead atoms. The third-order valence-electron chi connectivity index (χ3n) is 4.86. The van der Waals surface area contributed by atoms with E-state index in [1.807, 2.05) is 0 Å². The standard InChI is InChI=1S/C13H25BO3Si/c1-13(2,3)18(4,5)17-11-9-6-8(9)10(7-15)16-12(11)14/h8-12,15H,6-7H2,1-5H3/t8?,9?,10-,11?,12-/m1/s1. The predicted molar refractivity (Wildman–Crippen MR) is 75.2 cm³/mol. The van der Waals surface area contributed by atoms with Gasteiger partial charge in [-0.25, -0.2) is 0 Å². The fraction of sp³-hybridized carbons (Fsp3) is 1.00. The minimum atomic E-state index is -1.80. The summed E-state index contributed by atoms with van der Waals surface area (Å²) in [4.78, 5) is 0. The predicted octanol–water partition coefficient (Wildman–Crippen LogP) is 1.90. The highest BCUT2D eigenvalue weighted by molar-refractivity contribution is 6.74. The normalized spacial score (nSPS) is 40.4. The van der Waals surface area contributed by atoms with Crippen LogP contribution < -0.4 is 0 Å². The van der Waals surface area contributed by atoms with Gasteiger partial charge in [-0.15, -0.1) is 0 Å². The van der Waals surface area contributed by atoms with Crippen molar-refractivity contribution in [2.24, 2.45) is 11.8 Å². The molecule has 2 fully saturated rings. The van der Waals surface area contributed by atoms with E-state index in [-0.39, 0.29) is 29.9 Å². The van der Waals surface area contributed by atoms with Crippen molar-refractivity contribution < 1.29 is 14.3 Å². The molecule has 5 atom stereocenters. The minimum absolute atomic E-state index is 0.0127. The van der Waals surface area contributed by atoms with Gasteiger partial charge in [-0.3, -0.25) is 0 Å². The van der Waals surface area contributed by atoms with Gasteiger partial charge in [0.05, 0.1) is 18.8 Å². The van der Waals surface area contributed by atoms with Crippen LogP contribution in [-0.4, -0.2) is 46.1 Å². The Morgan fingerprint density at radius 2 is 1.94 bits per heavy atom. The topological polar surface area (TPSA) is 38.7 Å². The van der Waals surface area contributed by atoms with E-state index in [0.29, 0.717) is 11.8 Å². The molecule has 1 N–H and O–H groups in total. The van der Waals surface area contributed by atoms with Gasteiger partial charge >= 0.3 is 0 Å². The smallest absolute Gasteiger partial charge is 0.192 e. The number of hydrogen-bond donors (Lipinski definition) is 1. The Morgan fingerprint density at radius 1 is 1.33 bits per heavy atom. The summed E-state index contributed by atoms with van der Waals surface area (Å²) in [5.41, 5.74) is 0. The zero-order valence-electron chi connectivity index (χ0n) is 12.1. The Morgan fingerprint density at radius 3 is 2.44 bits per heavy atom. The van der Waals surface area contributed by atoms with Gasteiger partial charge in [0.15, 0.2) is 8.32 Å². The van der Waals surface area contributed by atoms with E-state index in [1.54, 1.807) is 0 Å². The maximum absolute atomic E-state index is 9.24. The Hall–Kier alpha value is 0.162. The average molecular weight is 268 g/mol. The van der Waals surface area contributed by atoms with Gasteiger partial charge in [0.1, 0.15) is 7.85 Å². The van der Waals surface area contributed by atoms with Gasteiger partial charge in [-0.1, -0.05) is 20.8 Å². The molecule has 0 amide bonds. The molecule has 2 aliphatic rings. The Bertz CT molecular complexity index is 314. The molecular formula is C13H25BO3Si. The van der Waals surface area contributed by atoms with Gasteiger partial charge < -0.3 is 14.3 Å². The molecule has 1 saturated heterocycles. The highest BCUT2D eigenvalue weighted by Crippen LogP contribution is 2.52. The van der Waals surface area contributed by atoms with Crippen molar-refractivity contribution in [2.45, 2.75) is 63.5 Å². The summed E-state index contributed by atoms with van der Waals surface area (Å²) in [7, 11) is 4.27. The third-order valence-corrected chi connectivity index (χ3v) is 9.34.